The Morgan fingerprint density at radius 3 is 2.00 bits per heavy atom. The van der Waals surface area contributed by atoms with Gasteiger partial charge in [0, 0.05) is 5.57 Å². The van der Waals surface area contributed by atoms with Crippen LogP contribution in [0.5, 0.6) is 0 Å². The van der Waals surface area contributed by atoms with Crippen LogP contribution < -0.4 is 5.73 Å². The molecule has 0 heterocycles. The lowest BCUT2D eigenvalue weighted by atomic mass is 10.4. The highest BCUT2D eigenvalue weighted by molar-refractivity contribution is 5.84. The summed E-state index contributed by atoms with van der Waals surface area (Å²) in [6.07, 6.45) is 0.750. The van der Waals surface area contributed by atoms with Gasteiger partial charge in [-0.25, -0.2) is 4.79 Å². The van der Waals surface area contributed by atoms with Crippen molar-refractivity contribution in [2.24, 2.45) is 5.73 Å². The van der Waals surface area contributed by atoms with E-state index in [0.717, 1.165) is 6.34 Å². The number of hydrogen-bond acceptors (Lipinski definition) is 2. The first-order valence-electron chi connectivity index (χ1n) is 2.15. The number of aliphatic carboxylic acids is 1. The van der Waals surface area contributed by atoms with Crippen LogP contribution in [-0.2, 0) is 4.79 Å². The first kappa shape index (κ1) is 10.6. The Morgan fingerprint density at radius 2 is 2.00 bits per heavy atom. The van der Waals surface area contributed by atoms with Crippen molar-refractivity contribution in [1.29, 1.82) is 5.41 Å². The van der Waals surface area contributed by atoms with Crippen molar-refractivity contribution in [2.45, 2.75) is 6.92 Å². The first-order chi connectivity index (χ1) is 4.06. The Kier molecular flexibility index (Phi) is 7.88. The van der Waals surface area contributed by atoms with Crippen molar-refractivity contribution >= 4 is 12.3 Å². The topological polar surface area (TPSA) is 87.2 Å². The molecule has 52 valence electrons. The molecule has 9 heavy (non-hydrogen) atoms. The Labute approximate surface area is 53.5 Å². The molecule has 0 saturated heterocycles. The molecule has 0 aliphatic carbocycles. The van der Waals surface area contributed by atoms with Crippen LogP contribution in [0.2, 0.25) is 0 Å². The number of carboxylic acid groups (broad SMARTS) is 1. The zero-order valence-corrected chi connectivity index (χ0v) is 5.22. The van der Waals surface area contributed by atoms with Crippen LogP contribution >= 0.6 is 0 Å². The van der Waals surface area contributed by atoms with Gasteiger partial charge in [0.05, 0.1) is 6.34 Å². The van der Waals surface area contributed by atoms with E-state index in [2.05, 4.69) is 12.3 Å². The minimum absolute atomic E-state index is 0.176. The fourth-order valence-electron chi connectivity index (χ4n) is 0. The third-order valence-electron chi connectivity index (χ3n) is 0.365. The number of carboxylic acids is 1. The van der Waals surface area contributed by atoms with E-state index >= 15 is 0 Å². The molecule has 0 aromatic carbocycles. The zero-order valence-electron chi connectivity index (χ0n) is 5.22. The van der Waals surface area contributed by atoms with Crippen LogP contribution in [0.25, 0.3) is 0 Å². The maximum atomic E-state index is 9.60. The predicted molar refractivity (Wildman–Crippen MR) is 35.4 cm³/mol. The fourth-order valence-corrected chi connectivity index (χ4v) is 0. The van der Waals surface area contributed by atoms with Gasteiger partial charge in [-0.1, -0.05) is 6.58 Å². The van der Waals surface area contributed by atoms with Crippen LogP contribution in [0, 0.1) is 5.41 Å². The summed E-state index contributed by atoms with van der Waals surface area (Å²) < 4.78 is 0. The van der Waals surface area contributed by atoms with Crippen molar-refractivity contribution in [3.8, 4) is 0 Å². The van der Waals surface area contributed by atoms with Crippen LogP contribution in [0.15, 0.2) is 12.2 Å². The smallest absolute Gasteiger partial charge is 0.330 e. The molecule has 0 atom stereocenters. The maximum absolute atomic E-state index is 9.60. The van der Waals surface area contributed by atoms with Gasteiger partial charge in [-0.15, -0.1) is 0 Å². The number of carbonyl (C=O) groups is 1. The molecule has 0 rings (SSSR count). The number of nitrogens with two attached hydrogens (primary N) is 1. The van der Waals surface area contributed by atoms with E-state index < -0.39 is 5.97 Å². The molecule has 4 heteroatoms. The third-order valence-corrected chi connectivity index (χ3v) is 0.365. The second-order valence-electron chi connectivity index (χ2n) is 1.25. The maximum Gasteiger partial charge on any atom is 0.330 e. The number of nitrogens with one attached hydrogen (secondary N) is 1. The van der Waals surface area contributed by atoms with Gasteiger partial charge in [0.1, 0.15) is 0 Å². The van der Waals surface area contributed by atoms with Crippen LogP contribution in [0.3, 0.4) is 0 Å². The molecule has 0 unspecified atom stereocenters. The Hall–Kier alpha value is -1.32. The van der Waals surface area contributed by atoms with Gasteiger partial charge < -0.3 is 10.8 Å². The lowest BCUT2D eigenvalue weighted by Crippen LogP contribution is -1.92. The first-order valence-corrected chi connectivity index (χ1v) is 2.15. The largest absolute Gasteiger partial charge is 0.478 e. The Morgan fingerprint density at radius 1 is 1.89 bits per heavy atom. The Balaban J connectivity index is 0. The molecule has 0 fully saturated rings. The molecule has 0 aromatic heterocycles. The second kappa shape index (κ2) is 6.68. The predicted octanol–water partition coefficient (Wildman–Crippen LogP) is 0.199. The van der Waals surface area contributed by atoms with E-state index in [1.807, 2.05) is 0 Å². The van der Waals surface area contributed by atoms with E-state index in [9.17, 15) is 4.79 Å². The molecule has 0 aliphatic heterocycles. The van der Waals surface area contributed by atoms with E-state index in [-0.39, 0.29) is 5.57 Å². The average molecular weight is 130 g/mol. The summed E-state index contributed by atoms with van der Waals surface area (Å²) in [6, 6.07) is 0. The van der Waals surface area contributed by atoms with Gasteiger partial charge in [-0.05, 0) is 6.92 Å². The summed E-state index contributed by atoms with van der Waals surface area (Å²) >= 11 is 0. The van der Waals surface area contributed by atoms with Crippen LogP contribution in [0.1, 0.15) is 6.92 Å². The highest BCUT2D eigenvalue weighted by Gasteiger charge is 1.90. The van der Waals surface area contributed by atoms with Crippen molar-refractivity contribution in [3.05, 3.63) is 12.2 Å². The zero-order chi connectivity index (χ0) is 7.86. The summed E-state index contributed by atoms with van der Waals surface area (Å²) in [4.78, 5) is 9.60. The van der Waals surface area contributed by atoms with Gasteiger partial charge in [0.2, 0.25) is 0 Å². The van der Waals surface area contributed by atoms with Gasteiger partial charge in [0.25, 0.3) is 0 Å². The minimum atomic E-state index is -0.935. The van der Waals surface area contributed by atoms with Crippen LogP contribution in [-0.4, -0.2) is 17.4 Å². The molecule has 0 bridgehead atoms. The molecule has 0 aromatic rings. The summed E-state index contributed by atoms with van der Waals surface area (Å²) in [5.74, 6) is -0.935. The number of hydrogen-bond donors (Lipinski definition) is 3. The second-order valence-corrected chi connectivity index (χ2v) is 1.25. The summed E-state index contributed by atoms with van der Waals surface area (Å²) in [7, 11) is 0. The molecule has 4 nitrogen and oxygen atoms in total. The SMILES string of the molecule is C=C(C)C(=O)O.N=CN. The molecule has 0 aliphatic rings. The quantitative estimate of drug-likeness (QED) is 0.269. The fraction of sp³-hybridized carbons (Fsp3) is 0.200. The van der Waals surface area contributed by atoms with Crippen molar-refractivity contribution in [3.63, 3.8) is 0 Å². The molecule has 0 saturated carbocycles. The monoisotopic (exact) mass is 130 g/mol. The highest BCUT2D eigenvalue weighted by atomic mass is 16.4. The van der Waals surface area contributed by atoms with Crippen molar-refractivity contribution < 1.29 is 9.90 Å². The standard InChI is InChI=1S/C4H6O2.CH4N2/c1-3(2)4(5)6;2-1-3/h1H2,2H3,(H,5,6);1H,(H3,2,3). The summed E-state index contributed by atoms with van der Waals surface area (Å²) in [5, 5.41) is 13.8. The third kappa shape index (κ3) is 20.4. The van der Waals surface area contributed by atoms with Gasteiger partial charge in [0.15, 0.2) is 0 Å². The summed E-state index contributed by atoms with van der Waals surface area (Å²) in [6.45, 7) is 4.60. The number of rotatable bonds is 1. The lowest BCUT2D eigenvalue weighted by Gasteiger charge is -1.79. The van der Waals surface area contributed by atoms with Gasteiger partial charge in [-0.2, -0.15) is 0 Å². The molecule has 4 N–H and O–H groups in total. The van der Waals surface area contributed by atoms with Gasteiger partial charge >= 0.3 is 5.97 Å². The lowest BCUT2D eigenvalue weighted by molar-refractivity contribution is -0.132. The van der Waals surface area contributed by atoms with E-state index in [1.54, 1.807) is 0 Å². The van der Waals surface area contributed by atoms with E-state index in [0.29, 0.717) is 0 Å². The van der Waals surface area contributed by atoms with E-state index in [4.69, 9.17) is 10.5 Å². The van der Waals surface area contributed by atoms with Crippen molar-refractivity contribution in [1.82, 2.24) is 0 Å². The molecule has 0 radical (unpaired) electrons. The summed E-state index contributed by atoms with van der Waals surface area (Å²) in [5.41, 5.74) is 4.56. The molecular weight excluding hydrogens is 120 g/mol. The Bertz CT molecular complexity index is 108. The minimum Gasteiger partial charge on any atom is -0.478 e. The van der Waals surface area contributed by atoms with Gasteiger partial charge in [-0.3, -0.25) is 5.41 Å². The van der Waals surface area contributed by atoms with Crippen molar-refractivity contribution in [2.75, 3.05) is 0 Å². The highest BCUT2D eigenvalue weighted by Crippen LogP contribution is 1.81. The van der Waals surface area contributed by atoms with E-state index in [1.165, 1.54) is 6.92 Å². The molecular formula is C5H10N2O2. The molecule has 0 spiro atoms. The average Bonchev–Trinajstić information content (AvgIpc) is 1.68. The van der Waals surface area contributed by atoms with Crippen LogP contribution in [0.4, 0.5) is 0 Å². The molecule has 0 amide bonds. The normalized spacial score (nSPS) is 6.33.